The summed E-state index contributed by atoms with van der Waals surface area (Å²) in [5.74, 6) is -0.133. The molecular formula is C19H23FN2. The number of hydrogen-bond acceptors (Lipinski definition) is 2. The predicted octanol–water partition coefficient (Wildman–Crippen LogP) is 4.21. The van der Waals surface area contributed by atoms with E-state index in [9.17, 15) is 4.39 Å². The van der Waals surface area contributed by atoms with Crippen molar-refractivity contribution in [3.05, 3.63) is 65.5 Å². The summed E-state index contributed by atoms with van der Waals surface area (Å²) >= 11 is 0. The van der Waals surface area contributed by atoms with Gasteiger partial charge in [0, 0.05) is 31.4 Å². The van der Waals surface area contributed by atoms with Gasteiger partial charge in [-0.2, -0.15) is 0 Å². The summed E-state index contributed by atoms with van der Waals surface area (Å²) in [6, 6.07) is 16.4. The van der Waals surface area contributed by atoms with Crippen LogP contribution in [0.4, 0.5) is 10.1 Å². The highest BCUT2D eigenvalue weighted by Crippen LogP contribution is 2.20. The Morgan fingerprint density at radius 2 is 1.82 bits per heavy atom. The summed E-state index contributed by atoms with van der Waals surface area (Å²) < 4.78 is 13.6. The topological polar surface area (TPSA) is 15.3 Å². The number of anilines is 1. The lowest BCUT2D eigenvalue weighted by molar-refractivity contribution is 0.211. The van der Waals surface area contributed by atoms with E-state index in [1.807, 2.05) is 12.1 Å². The van der Waals surface area contributed by atoms with E-state index in [1.54, 1.807) is 13.0 Å². The fourth-order valence-corrected chi connectivity index (χ4v) is 3.00. The molecule has 0 atom stereocenters. The summed E-state index contributed by atoms with van der Waals surface area (Å²) in [6.45, 7) is 4.98. The van der Waals surface area contributed by atoms with Crippen molar-refractivity contribution >= 4 is 5.69 Å². The third-order valence-corrected chi connectivity index (χ3v) is 4.38. The van der Waals surface area contributed by atoms with Crippen LogP contribution in [0.5, 0.6) is 0 Å². The standard InChI is InChI=1S/C19H23FN2/c1-15-7-8-18(13-19(15)20)21-17-9-11-22(12-10-17)14-16-5-3-2-4-6-16/h2-8,13,17,21H,9-12,14H2,1H3. The van der Waals surface area contributed by atoms with Gasteiger partial charge in [0.2, 0.25) is 0 Å². The highest BCUT2D eigenvalue weighted by atomic mass is 19.1. The van der Waals surface area contributed by atoms with Gasteiger partial charge in [-0.05, 0) is 43.0 Å². The van der Waals surface area contributed by atoms with Crippen molar-refractivity contribution < 1.29 is 4.39 Å². The van der Waals surface area contributed by atoms with E-state index in [4.69, 9.17) is 0 Å². The zero-order chi connectivity index (χ0) is 15.4. The Morgan fingerprint density at radius 1 is 1.09 bits per heavy atom. The molecule has 1 heterocycles. The van der Waals surface area contributed by atoms with Crippen LogP contribution in [0.3, 0.4) is 0 Å². The van der Waals surface area contributed by atoms with Crippen molar-refractivity contribution in [3.8, 4) is 0 Å². The summed E-state index contributed by atoms with van der Waals surface area (Å²) in [6.07, 6.45) is 2.20. The van der Waals surface area contributed by atoms with E-state index < -0.39 is 0 Å². The second-order valence-electron chi connectivity index (χ2n) is 6.14. The van der Waals surface area contributed by atoms with Gasteiger partial charge in [-0.1, -0.05) is 36.4 Å². The van der Waals surface area contributed by atoms with Crippen LogP contribution in [0.15, 0.2) is 48.5 Å². The molecule has 0 aliphatic carbocycles. The van der Waals surface area contributed by atoms with Crippen LogP contribution in [0.25, 0.3) is 0 Å². The number of nitrogens with zero attached hydrogens (tertiary/aromatic N) is 1. The molecule has 1 saturated heterocycles. The number of nitrogens with one attached hydrogen (secondary N) is 1. The highest BCUT2D eigenvalue weighted by molar-refractivity contribution is 5.46. The number of likely N-dealkylation sites (tertiary alicyclic amines) is 1. The molecule has 3 rings (SSSR count). The zero-order valence-electron chi connectivity index (χ0n) is 13.1. The lowest BCUT2D eigenvalue weighted by Gasteiger charge is -2.33. The molecule has 2 aromatic rings. The van der Waals surface area contributed by atoms with Crippen molar-refractivity contribution in [3.63, 3.8) is 0 Å². The Labute approximate surface area is 132 Å². The van der Waals surface area contributed by atoms with E-state index in [2.05, 4.69) is 40.5 Å². The van der Waals surface area contributed by atoms with Gasteiger partial charge in [0.15, 0.2) is 0 Å². The molecule has 0 unspecified atom stereocenters. The van der Waals surface area contributed by atoms with Gasteiger partial charge in [0.1, 0.15) is 5.82 Å². The lowest BCUT2D eigenvalue weighted by atomic mass is 10.0. The molecule has 1 fully saturated rings. The number of rotatable bonds is 4. The Balaban J connectivity index is 1.50. The molecule has 1 aliphatic heterocycles. The minimum absolute atomic E-state index is 0.133. The molecule has 1 N–H and O–H groups in total. The monoisotopic (exact) mass is 298 g/mol. The Hall–Kier alpha value is -1.87. The first-order valence-corrected chi connectivity index (χ1v) is 8.00. The van der Waals surface area contributed by atoms with Crippen molar-refractivity contribution in [2.75, 3.05) is 18.4 Å². The van der Waals surface area contributed by atoms with E-state index in [0.717, 1.165) is 38.2 Å². The second-order valence-corrected chi connectivity index (χ2v) is 6.14. The van der Waals surface area contributed by atoms with Crippen molar-refractivity contribution in [2.45, 2.75) is 32.4 Å². The quantitative estimate of drug-likeness (QED) is 0.909. The molecule has 1 aliphatic rings. The van der Waals surface area contributed by atoms with Crippen LogP contribution in [-0.4, -0.2) is 24.0 Å². The molecular weight excluding hydrogens is 275 g/mol. The molecule has 0 saturated carbocycles. The third kappa shape index (κ3) is 3.86. The van der Waals surface area contributed by atoms with Gasteiger partial charge < -0.3 is 5.32 Å². The van der Waals surface area contributed by atoms with Gasteiger partial charge >= 0.3 is 0 Å². The zero-order valence-corrected chi connectivity index (χ0v) is 13.1. The van der Waals surface area contributed by atoms with Gasteiger partial charge in [-0.25, -0.2) is 4.39 Å². The maximum absolute atomic E-state index is 13.6. The predicted molar refractivity (Wildman–Crippen MR) is 89.5 cm³/mol. The molecule has 0 radical (unpaired) electrons. The van der Waals surface area contributed by atoms with Crippen LogP contribution in [0.1, 0.15) is 24.0 Å². The normalized spacial score (nSPS) is 16.6. The van der Waals surface area contributed by atoms with Gasteiger partial charge in [-0.15, -0.1) is 0 Å². The van der Waals surface area contributed by atoms with Crippen molar-refractivity contribution in [2.24, 2.45) is 0 Å². The average Bonchev–Trinajstić information content (AvgIpc) is 2.54. The van der Waals surface area contributed by atoms with E-state index >= 15 is 0 Å². The molecule has 2 nitrogen and oxygen atoms in total. The molecule has 0 amide bonds. The van der Waals surface area contributed by atoms with Crippen LogP contribution >= 0.6 is 0 Å². The third-order valence-electron chi connectivity index (χ3n) is 4.38. The number of piperidine rings is 1. The summed E-state index contributed by atoms with van der Waals surface area (Å²) in [5.41, 5.74) is 2.96. The van der Waals surface area contributed by atoms with E-state index in [1.165, 1.54) is 5.56 Å². The average molecular weight is 298 g/mol. The number of hydrogen-bond donors (Lipinski definition) is 1. The first-order valence-electron chi connectivity index (χ1n) is 8.00. The maximum atomic E-state index is 13.6. The second kappa shape index (κ2) is 6.93. The minimum atomic E-state index is -0.133. The van der Waals surface area contributed by atoms with Crippen LogP contribution in [-0.2, 0) is 6.54 Å². The van der Waals surface area contributed by atoms with Crippen LogP contribution in [0.2, 0.25) is 0 Å². The molecule has 0 aromatic heterocycles. The fourth-order valence-electron chi connectivity index (χ4n) is 3.00. The molecule has 22 heavy (non-hydrogen) atoms. The lowest BCUT2D eigenvalue weighted by Crippen LogP contribution is -2.38. The number of benzene rings is 2. The molecule has 2 aromatic carbocycles. The van der Waals surface area contributed by atoms with E-state index in [-0.39, 0.29) is 5.82 Å². The van der Waals surface area contributed by atoms with Gasteiger partial charge in [0.05, 0.1) is 0 Å². The first kappa shape index (κ1) is 15.0. The largest absolute Gasteiger partial charge is 0.382 e. The Kier molecular flexibility index (Phi) is 4.74. The molecule has 3 heteroatoms. The SMILES string of the molecule is Cc1ccc(NC2CCN(Cc3ccccc3)CC2)cc1F. The van der Waals surface area contributed by atoms with Crippen molar-refractivity contribution in [1.82, 2.24) is 4.90 Å². The summed E-state index contributed by atoms with van der Waals surface area (Å²) in [4.78, 5) is 2.49. The summed E-state index contributed by atoms with van der Waals surface area (Å²) in [7, 11) is 0. The first-order chi connectivity index (χ1) is 10.7. The Morgan fingerprint density at radius 3 is 2.50 bits per heavy atom. The summed E-state index contributed by atoms with van der Waals surface area (Å²) in [5, 5.41) is 3.47. The smallest absolute Gasteiger partial charge is 0.128 e. The molecule has 0 bridgehead atoms. The van der Waals surface area contributed by atoms with Crippen LogP contribution < -0.4 is 5.32 Å². The molecule has 116 valence electrons. The van der Waals surface area contributed by atoms with E-state index in [0.29, 0.717) is 11.6 Å². The highest BCUT2D eigenvalue weighted by Gasteiger charge is 2.19. The number of aryl methyl sites for hydroxylation is 1. The maximum Gasteiger partial charge on any atom is 0.128 e. The van der Waals surface area contributed by atoms with Crippen LogP contribution in [0, 0.1) is 12.7 Å². The minimum Gasteiger partial charge on any atom is -0.382 e. The van der Waals surface area contributed by atoms with Gasteiger partial charge in [0.25, 0.3) is 0 Å². The molecule has 0 spiro atoms. The van der Waals surface area contributed by atoms with Gasteiger partial charge in [-0.3, -0.25) is 4.90 Å². The van der Waals surface area contributed by atoms with Crippen molar-refractivity contribution in [1.29, 1.82) is 0 Å². The number of halogens is 1. The fraction of sp³-hybridized carbons (Fsp3) is 0.368. The Bertz CT molecular complexity index is 604.